The molecule has 6 nitrogen and oxygen atoms in total. The minimum absolute atomic E-state index is 0. The van der Waals surface area contributed by atoms with E-state index >= 15 is 0 Å². The molecule has 1 unspecified atom stereocenters. The van der Waals surface area contributed by atoms with Crippen molar-refractivity contribution in [2.24, 2.45) is 10.9 Å². The molecule has 26 heavy (non-hydrogen) atoms. The standard InChI is InChI=1S/C19H31N3O3.HI/c1-15(25-18-9-7-17(23-3)8-10-18)13-22-19(20-2)21-11-4-12-24-14-16-5-6-16;/h7-10,15-16H,4-6,11-14H2,1-3H3,(H2,20,21,22);1H. The zero-order chi connectivity index (χ0) is 17.9. The van der Waals surface area contributed by atoms with Crippen LogP contribution in [0.15, 0.2) is 29.3 Å². The van der Waals surface area contributed by atoms with Gasteiger partial charge in [-0.2, -0.15) is 0 Å². The van der Waals surface area contributed by atoms with Crippen molar-refractivity contribution in [3.8, 4) is 11.5 Å². The molecular weight excluding hydrogens is 445 g/mol. The summed E-state index contributed by atoms with van der Waals surface area (Å²) in [6.07, 6.45) is 3.68. The highest BCUT2D eigenvalue weighted by Gasteiger charge is 2.20. The van der Waals surface area contributed by atoms with Crippen molar-refractivity contribution in [1.82, 2.24) is 10.6 Å². The first kappa shape index (κ1) is 22.8. The Bertz CT molecular complexity index is 521. The van der Waals surface area contributed by atoms with Crippen LogP contribution in [-0.2, 0) is 4.74 Å². The lowest BCUT2D eigenvalue weighted by atomic mass is 10.3. The van der Waals surface area contributed by atoms with Crippen LogP contribution in [0.25, 0.3) is 0 Å². The molecule has 1 aliphatic carbocycles. The van der Waals surface area contributed by atoms with Crippen LogP contribution in [0.3, 0.4) is 0 Å². The fourth-order valence-corrected chi connectivity index (χ4v) is 2.30. The molecule has 2 N–H and O–H groups in total. The molecular formula is C19H32IN3O3. The van der Waals surface area contributed by atoms with Crippen molar-refractivity contribution in [3.63, 3.8) is 0 Å². The molecule has 0 radical (unpaired) electrons. The lowest BCUT2D eigenvalue weighted by molar-refractivity contribution is 0.123. The van der Waals surface area contributed by atoms with E-state index in [1.165, 1.54) is 12.8 Å². The number of halogens is 1. The minimum atomic E-state index is 0. The Morgan fingerprint density at radius 3 is 2.50 bits per heavy atom. The van der Waals surface area contributed by atoms with E-state index in [0.717, 1.165) is 49.6 Å². The van der Waals surface area contributed by atoms with Crippen molar-refractivity contribution in [2.75, 3.05) is 40.5 Å². The molecule has 1 aromatic rings. The molecule has 0 saturated heterocycles. The van der Waals surface area contributed by atoms with E-state index in [2.05, 4.69) is 15.6 Å². The summed E-state index contributed by atoms with van der Waals surface area (Å²) < 4.78 is 16.6. The smallest absolute Gasteiger partial charge is 0.191 e. The average Bonchev–Trinajstić information content (AvgIpc) is 3.45. The van der Waals surface area contributed by atoms with Gasteiger partial charge in [0.15, 0.2) is 5.96 Å². The topological polar surface area (TPSA) is 64.1 Å². The van der Waals surface area contributed by atoms with Crippen LogP contribution in [0.5, 0.6) is 11.5 Å². The molecule has 1 atom stereocenters. The number of nitrogens with zero attached hydrogens (tertiary/aromatic N) is 1. The SMILES string of the molecule is CN=C(NCCCOCC1CC1)NCC(C)Oc1ccc(OC)cc1.I. The molecule has 0 amide bonds. The second-order valence-electron chi connectivity index (χ2n) is 6.36. The van der Waals surface area contributed by atoms with Gasteiger partial charge in [0.1, 0.15) is 17.6 Å². The molecule has 1 fully saturated rings. The van der Waals surface area contributed by atoms with Crippen LogP contribution in [0.4, 0.5) is 0 Å². The molecule has 1 aromatic carbocycles. The summed E-state index contributed by atoms with van der Waals surface area (Å²) in [5.74, 6) is 3.26. The largest absolute Gasteiger partial charge is 0.497 e. The average molecular weight is 477 g/mol. The van der Waals surface area contributed by atoms with Crippen molar-refractivity contribution >= 4 is 29.9 Å². The van der Waals surface area contributed by atoms with Gasteiger partial charge >= 0.3 is 0 Å². The van der Waals surface area contributed by atoms with E-state index < -0.39 is 0 Å². The number of hydrogen-bond donors (Lipinski definition) is 2. The fraction of sp³-hybridized carbons (Fsp3) is 0.632. The number of guanidine groups is 1. The maximum atomic E-state index is 5.87. The van der Waals surface area contributed by atoms with Crippen LogP contribution >= 0.6 is 24.0 Å². The summed E-state index contributed by atoms with van der Waals surface area (Å²) in [5.41, 5.74) is 0. The van der Waals surface area contributed by atoms with Gasteiger partial charge in [0.25, 0.3) is 0 Å². The van der Waals surface area contributed by atoms with Gasteiger partial charge in [0.2, 0.25) is 0 Å². The van der Waals surface area contributed by atoms with E-state index in [1.807, 2.05) is 31.2 Å². The summed E-state index contributed by atoms with van der Waals surface area (Å²) >= 11 is 0. The molecule has 1 aliphatic rings. The van der Waals surface area contributed by atoms with Crippen molar-refractivity contribution in [1.29, 1.82) is 0 Å². The van der Waals surface area contributed by atoms with Crippen molar-refractivity contribution in [3.05, 3.63) is 24.3 Å². The molecule has 0 heterocycles. The third kappa shape index (κ3) is 9.47. The first-order valence-electron chi connectivity index (χ1n) is 9.04. The maximum Gasteiger partial charge on any atom is 0.191 e. The van der Waals surface area contributed by atoms with Gasteiger partial charge in [-0.1, -0.05) is 0 Å². The monoisotopic (exact) mass is 477 g/mol. The zero-order valence-electron chi connectivity index (χ0n) is 16.0. The molecule has 0 aromatic heterocycles. The Hall–Kier alpha value is -1.22. The second-order valence-corrected chi connectivity index (χ2v) is 6.36. The Kier molecular flexibility index (Phi) is 11.4. The lowest BCUT2D eigenvalue weighted by Crippen LogP contribution is -2.42. The number of ether oxygens (including phenoxy) is 3. The molecule has 0 spiro atoms. The van der Waals surface area contributed by atoms with Crippen molar-refractivity contribution in [2.45, 2.75) is 32.3 Å². The van der Waals surface area contributed by atoms with Crippen LogP contribution in [0, 0.1) is 5.92 Å². The summed E-state index contributed by atoms with van der Waals surface area (Å²) in [4.78, 5) is 4.23. The van der Waals surface area contributed by atoms with Gasteiger partial charge in [-0.25, -0.2) is 0 Å². The summed E-state index contributed by atoms with van der Waals surface area (Å²) in [7, 11) is 3.42. The van der Waals surface area contributed by atoms with Gasteiger partial charge in [-0.3, -0.25) is 4.99 Å². The molecule has 2 rings (SSSR count). The molecule has 1 saturated carbocycles. The fourth-order valence-electron chi connectivity index (χ4n) is 2.30. The molecule has 7 heteroatoms. The number of rotatable bonds is 11. The third-order valence-electron chi connectivity index (χ3n) is 3.99. The second kappa shape index (κ2) is 13.0. The first-order chi connectivity index (χ1) is 12.2. The van der Waals surface area contributed by atoms with E-state index in [4.69, 9.17) is 14.2 Å². The molecule has 0 aliphatic heterocycles. The third-order valence-corrected chi connectivity index (χ3v) is 3.99. The Morgan fingerprint density at radius 1 is 1.19 bits per heavy atom. The van der Waals surface area contributed by atoms with Gasteiger partial charge in [0.05, 0.1) is 13.7 Å². The van der Waals surface area contributed by atoms with Crippen LogP contribution in [0.2, 0.25) is 0 Å². The van der Waals surface area contributed by atoms with E-state index in [-0.39, 0.29) is 30.1 Å². The van der Waals surface area contributed by atoms with E-state index in [0.29, 0.717) is 6.54 Å². The summed E-state index contributed by atoms with van der Waals surface area (Å²) in [6.45, 7) is 5.27. The quantitative estimate of drug-likeness (QED) is 0.222. The van der Waals surface area contributed by atoms with Gasteiger partial charge in [-0.15, -0.1) is 24.0 Å². The van der Waals surface area contributed by atoms with E-state index in [9.17, 15) is 0 Å². The predicted octanol–water partition coefficient (Wildman–Crippen LogP) is 3.06. The first-order valence-corrected chi connectivity index (χ1v) is 9.04. The highest BCUT2D eigenvalue weighted by Crippen LogP contribution is 2.28. The van der Waals surface area contributed by atoms with Crippen molar-refractivity contribution < 1.29 is 14.2 Å². The molecule has 148 valence electrons. The number of aliphatic imine (C=N–C) groups is 1. The number of methoxy groups -OCH3 is 1. The predicted molar refractivity (Wildman–Crippen MR) is 116 cm³/mol. The summed E-state index contributed by atoms with van der Waals surface area (Å²) in [6, 6.07) is 7.59. The van der Waals surface area contributed by atoms with E-state index in [1.54, 1.807) is 14.2 Å². The van der Waals surface area contributed by atoms with Crippen LogP contribution in [0.1, 0.15) is 26.2 Å². The Labute approximate surface area is 174 Å². The maximum absolute atomic E-state index is 5.87. The Balaban J connectivity index is 0.00000338. The minimum Gasteiger partial charge on any atom is -0.497 e. The Morgan fingerprint density at radius 2 is 1.88 bits per heavy atom. The normalized spacial score (nSPS) is 15.0. The van der Waals surface area contributed by atoms with Crippen LogP contribution < -0.4 is 20.1 Å². The van der Waals surface area contributed by atoms with Crippen LogP contribution in [-0.4, -0.2) is 52.5 Å². The van der Waals surface area contributed by atoms with Gasteiger partial charge in [-0.05, 0) is 56.4 Å². The number of hydrogen-bond acceptors (Lipinski definition) is 4. The number of benzene rings is 1. The summed E-state index contributed by atoms with van der Waals surface area (Å²) in [5, 5.41) is 6.57. The van der Waals surface area contributed by atoms with Gasteiger partial charge < -0.3 is 24.8 Å². The lowest BCUT2D eigenvalue weighted by Gasteiger charge is -2.18. The number of nitrogens with one attached hydrogen (secondary N) is 2. The highest BCUT2D eigenvalue weighted by molar-refractivity contribution is 14.0. The molecule has 0 bridgehead atoms. The zero-order valence-corrected chi connectivity index (χ0v) is 18.3. The van der Waals surface area contributed by atoms with Gasteiger partial charge in [0, 0.05) is 26.8 Å². The highest BCUT2D eigenvalue weighted by atomic mass is 127.